The monoisotopic (exact) mass is 347 g/mol. The van der Waals surface area contributed by atoms with Gasteiger partial charge in [0.1, 0.15) is 5.69 Å². The van der Waals surface area contributed by atoms with Gasteiger partial charge in [0.05, 0.1) is 28.0 Å². The minimum absolute atomic E-state index is 0.0846. The molecule has 0 radical (unpaired) electrons. The van der Waals surface area contributed by atoms with Crippen LogP contribution in [-0.4, -0.2) is 23.4 Å². The first-order valence-electron chi connectivity index (χ1n) is 6.90. The average Bonchev–Trinajstić information content (AvgIpc) is 3.03. The fourth-order valence-corrected chi connectivity index (χ4v) is 3.80. The first-order chi connectivity index (χ1) is 10.1. The smallest absolute Gasteiger partial charge is 0.161 e. The molecule has 0 spiro atoms. The minimum Gasteiger partial charge on any atom is -0.493 e. The number of hydrogen-bond donors (Lipinski definition) is 1. The van der Waals surface area contributed by atoms with Gasteiger partial charge in [0.2, 0.25) is 0 Å². The van der Waals surface area contributed by atoms with E-state index < -0.39 is 0 Å². The zero-order valence-corrected chi connectivity index (χ0v) is 14.6. The zero-order chi connectivity index (χ0) is 15.4. The molecule has 2 rings (SSSR count). The lowest BCUT2D eigenvalue weighted by Crippen LogP contribution is -2.26. The van der Waals surface area contributed by atoms with Crippen LogP contribution < -0.4 is 10.1 Å². The number of thiophene rings is 1. The van der Waals surface area contributed by atoms with Crippen LogP contribution in [0, 0.1) is 0 Å². The summed E-state index contributed by atoms with van der Waals surface area (Å²) < 4.78 is 8.76. The van der Waals surface area contributed by atoms with Crippen molar-refractivity contribution in [1.29, 1.82) is 0 Å². The Balaban J connectivity index is 2.50. The Morgan fingerprint density at radius 2 is 2.19 bits per heavy atom. The van der Waals surface area contributed by atoms with Crippen molar-refractivity contribution in [3.05, 3.63) is 32.2 Å². The van der Waals surface area contributed by atoms with Gasteiger partial charge in [-0.2, -0.15) is 5.10 Å². The molecular weight excluding hydrogens is 329 g/mol. The van der Waals surface area contributed by atoms with E-state index in [1.807, 2.05) is 10.7 Å². The summed E-state index contributed by atoms with van der Waals surface area (Å²) in [4.78, 5) is 0. The first kappa shape index (κ1) is 16.6. The van der Waals surface area contributed by atoms with Crippen LogP contribution in [0.4, 0.5) is 0 Å². The third kappa shape index (κ3) is 3.54. The molecule has 0 aliphatic rings. The fourth-order valence-electron chi connectivity index (χ4n) is 2.27. The van der Waals surface area contributed by atoms with E-state index in [9.17, 15) is 0 Å². The van der Waals surface area contributed by atoms with Crippen LogP contribution in [0.2, 0.25) is 8.67 Å². The predicted molar refractivity (Wildman–Crippen MR) is 88.9 cm³/mol. The van der Waals surface area contributed by atoms with Gasteiger partial charge in [-0.25, -0.2) is 0 Å². The van der Waals surface area contributed by atoms with Gasteiger partial charge in [0, 0.05) is 12.1 Å². The minimum atomic E-state index is -0.0846. The third-order valence-corrected chi connectivity index (χ3v) is 4.75. The molecule has 0 aromatic carbocycles. The van der Waals surface area contributed by atoms with E-state index in [2.05, 4.69) is 24.3 Å². The number of aromatic nitrogens is 2. The van der Waals surface area contributed by atoms with Crippen molar-refractivity contribution in [3.63, 3.8) is 0 Å². The summed E-state index contributed by atoms with van der Waals surface area (Å²) in [6.07, 6.45) is 2.76. The highest BCUT2D eigenvalue weighted by molar-refractivity contribution is 7.20. The summed E-state index contributed by atoms with van der Waals surface area (Å²) in [6.45, 7) is 5.81. The average molecular weight is 348 g/mol. The highest BCUT2D eigenvalue weighted by atomic mass is 35.5. The Labute approximate surface area is 139 Å². The van der Waals surface area contributed by atoms with Gasteiger partial charge in [0.25, 0.3) is 0 Å². The maximum atomic E-state index is 6.35. The first-order valence-corrected chi connectivity index (χ1v) is 8.47. The molecule has 0 aliphatic heterocycles. The Bertz CT molecular complexity index is 576. The molecule has 1 unspecified atom stereocenters. The molecule has 1 N–H and O–H groups in total. The van der Waals surface area contributed by atoms with Gasteiger partial charge in [-0.15, -0.1) is 11.3 Å². The van der Waals surface area contributed by atoms with Gasteiger partial charge in [-0.3, -0.25) is 4.68 Å². The molecule has 7 heteroatoms. The molecule has 4 nitrogen and oxygen atoms in total. The highest BCUT2D eigenvalue weighted by Gasteiger charge is 2.26. The topological polar surface area (TPSA) is 39.1 Å². The molecule has 2 aromatic rings. The number of methoxy groups -OCH3 is 1. The summed E-state index contributed by atoms with van der Waals surface area (Å²) in [5.74, 6) is 0.754. The number of rotatable bonds is 7. The van der Waals surface area contributed by atoms with Crippen molar-refractivity contribution < 1.29 is 4.74 Å². The number of nitrogens with zero attached hydrogens (tertiary/aromatic N) is 2. The zero-order valence-electron chi connectivity index (χ0n) is 12.3. The second-order valence-corrected chi connectivity index (χ2v) is 6.87. The van der Waals surface area contributed by atoms with Crippen LogP contribution in [0.5, 0.6) is 5.75 Å². The molecule has 0 saturated carbocycles. The van der Waals surface area contributed by atoms with Crippen molar-refractivity contribution in [2.45, 2.75) is 32.9 Å². The van der Waals surface area contributed by atoms with Crippen molar-refractivity contribution >= 4 is 34.5 Å². The maximum absolute atomic E-state index is 6.35. The van der Waals surface area contributed by atoms with Crippen molar-refractivity contribution in [2.24, 2.45) is 0 Å². The maximum Gasteiger partial charge on any atom is 0.161 e. The standard InChI is InChI=1S/C14H19Cl2N3OS/c1-4-6-17-12(9-7-11(15)21-14(9)16)13-10(20-3)8-18-19(13)5-2/h7-8,12,17H,4-6H2,1-3H3. The summed E-state index contributed by atoms with van der Waals surface area (Å²) in [5, 5.41) is 7.89. The van der Waals surface area contributed by atoms with E-state index in [-0.39, 0.29) is 6.04 Å². The number of aryl methyl sites for hydroxylation is 1. The lowest BCUT2D eigenvalue weighted by molar-refractivity contribution is 0.399. The Morgan fingerprint density at radius 1 is 1.43 bits per heavy atom. The lowest BCUT2D eigenvalue weighted by Gasteiger charge is -2.20. The Morgan fingerprint density at radius 3 is 2.71 bits per heavy atom. The molecule has 2 heterocycles. The molecule has 0 amide bonds. The summed E-state index contributed by atoms with van der Waals surface area (Å²) in [5.41, 5.74) is 1.94. The summed E-state index contributed by atoms with van der Waals surface area (Å²) in [7, 11) is 1.65. The second-order valence-electron chi connectivity index (χ2n) is 4.58. The highest BCUT2D eigenvalue weighted by Crippen LogP contribution is 2.39. The quantitative estimate of drug-likeness (QED) is 0.808. The number of ether oxygens (including phenoxy) is 1. The summed E-state index contributed by atoms with van der Waals surface area (Å²) >= 11 is 13.8. The van der Waals surface area contributed by atoms with Crippen LogP contribution in [0.15, 0.2) is 12.3 Å². The van der Waals surface area contributed by atoms with Crippen LogP contribution in [-0.2, 0) is 6.54 Å². The molecular formula is C14H19Cl2N3OS. The van der Waals surface area contributed by atoms with Gasteiger partial charge >= 0.3 is 0 Å². The number of hydrogen-bond acceptors (Lipinski definition) is 4. The van der Waals surface area contributed by atoms with Crippen molar-refractivity contribution in [3.8, 4) is 5.75 Å². The Kier molecular flexibility index (Phi) is 5.93. The van der Waals surface area contributed by atoms with Gasteiger partial charge in [-0.05, 0) is 26.0 Å². The van der Waals surface area contributed by atoms with Crippen molar-refractivity contribution in [2.75, 3.05) is 13.7 Å². The molecule has 2 aromatic heterocycles. The molecule has 116 valence electrons. The summed E-state index contributed by atoms with van der Waals surface area (Å²) in [6, 6.07) is 1.83. The number of halogens is 2. The van der Waals surface area contributed by atoms with Crippen molar-refractivity contribution in [1.82, 2.24) is 15.1 Å². The Hall–Kier alpha value is -0.750. The van der Waals surface area contributed by atoms with E-state index in [1.54, 1.807) is 13.3 Å². The van der Waals surface area contributed by atoms with Gasteiger partial charge in [-0.1, -0.05) is 30.1 Å². The molecule has 21 heavy (non-hydrogen) atoms. The normalized spacial score (nSPS) is 12.6. The van der Waals surface area contributed by atoms with Crippen LogP contribution in [0.1, 0.15) is 37.6 Å². The van der Waals surface area contributed by atoms with E-state index in [4.69, 9.17) is 27.9 Å². The van der Waals surface area contributed by atoms with E-state index in [1.165, 1.54) is 11.3 Å². The van der Waals surface area contributed by atoms with Gasteiger partial charge in [0.15, 0.2) is 5.75 Å². The molecule has 0 bridgehead atoms. The lowest BCUT2D eigenvalue weighted by atomic mass is 10.1. The van der Waals surface area contributed by atoms with E-state index in [0.29, 0.717) is 8.67 Å². The fraction of sp³-hybridized carbons (Fsp3) is 0.500. The second kappa shape index (κ2) is 7.49. The van der Waals surface area contributed by atoms with E-state index >= 15 is 0 Å². The van der Waals surface area contributed by atoms with Crippen LogP contribution >= 0.6 is 34.5 Å². The number of nitrogens with one attached hydrogen (secondary N) is 1. The van der Waals surface area contributed by atoms with Gasteiger partial charge < -0.3 is 10.1 Å². The molecule has 0 aliphatic carbocycles. The van der Waals surface area contributed by atoms with Crippen LogP contribution in [0.25, 0.3) is 0 Å². The van der Waals surface area contributed by atoms with Crippen LogP contribution in [0.3, 0.4) is 0 Å². The largest absolute Gasteiger partial charge is 0.493 e. The van der Waals surface area contributed by atoms with E-state index in [0.717, 1.165) is 36.5 Å². The predicted octanol–water partition coefficient (Wildman–Crippen LogP) is 4.37. The molecule has 0 saturated heterocycles. The molecule has 1 atom stereocenters. The SMILES string of the molecule is CCCNC(c1cc(Cl)sc1Cl)c1c(OC)cnn1CC. The molecule has 0 fully saturated rings. The third-order valence-electron chi connectivity index (χ3n) is 3.23.